The lowest BCUT2D eigenvalue weighted by Crippen LogP contribution is -2.55. The quantitative estimate of drug-likeness (QED) is 0.304. The molecule has 0 saturated heterocycles. The summed E-state index contributed by atoms with van der Waals surface area (Å²) in [5, 5.41) is 0. The molecular weight excluding hydrogens is 456 g/mol. The second-order valence-corrected chi connectivity index (χ2v) is 15.0. The van der Waals surface area contributed by atoms with Crippen molar-refractivity contribution in [1.29, 1.82) is 0 Å². The van der Waals surface area contributed by atoms with Crippen LogP contribution in [0.25, 0.3) is 0 Å². The van der Waals surface area contributed by atoms with Gasteiger partial charge in [-0.25, -0.2) is 0 Å². The normalized spacial score (nSPS) is 28.6. The molecule has 0 unspecified atom stereocenters. The van der Waals surface area contributed by atoms with Gasteiger partial charge in [-0.15, -0.1) is 0 Å². The van der Waals surface area contributed by atoms with E-state index in [0.29, 0.717) is 17.2 Å². The van der Waals surface area contributed by atoms with E-state index < -0.39 is 15.7 Å². The van der Waals surface area contributed by atoms with Gasteiger partial charge in [-0.05, 0) is 105 Å². The van der Waals surface area contributed by atoms with E-state index in [1.165, 1.54) is 44.1 Å². The van der Waals surface area contributed by atoms with Crippen LogP contribution in [0.1, 0.15) is 135 Å². The standard InChI is InChI=1S/C30H48O4S/c1-19(2)25-14-26(20(3)4)28(27(15-25)21(5)6)35(31,32)33-10-9-29(7,8)34-30-16-22-11-23(17-30)13-24(12-22)18-30/h14-15,19-24H,9-13,16-18H2,1-8H3. The Hall–Kier alpha value is -0.910. The van der Waals surface area contributed by atoms with Crippen LogP contribution in [0.15, 0.2) is 17.0 Å². The van der Waals surface area contributed by atoms with Crippen molar-refractivity contribution in [2.75, 3.05) is 6.61 Å². The maximum atomic E-state index is 13.6. The van der Waals surface area contributed by atoms with E-state index in [1.807, 2.05) is 0 Å². The van der Waals surface area contributed by atoms with Crippen LogP contribution < -0.4 is 0 Å². The van der Waals surface area contributed by atoms with Gasteiger partial charge in [-0.3, -0.25) is 4.18 Å². The molecule has 0 heterocycles. The molecule has 4 nitrogen and oxygen atoms in total. The van der Waals surface area contributed by atoms with Gasteiger partial charge in [0.2, 0.25) is 0 Å². The van der Waals surface area contributed by atoms with Gasteiger partial charge >= 0.3 is 0 Å². The molecule has 0 radical (unpaired) electrons. The van der Waals surface area contributed by atoms with Crippen molar-refractivity contribution in [2.45, 2.75) is 134 Å². The van der Waals surface area contributed by atoms with E-state index in [-0.39, 0.29) is 24.0 Å². The van der Waals surface area contributed by atoms with Gasteiger partial charge in [-0.2, -0.15) is 8.42 Å². The van der Waals surface area contributed by atoms with E-state index in [0.717, 1.165) is 28.9 Å². The van der Waals surface area contributed by atoms with Crippen LogP contribution in [0.5, 0.6) is 0 Å². The topological polar surface area (TPSA) is 52.6 Å². The molecule has 4 aliphatic carbocycles. The van der Waals surface area contributed by atoms with E-state index in [4.69, 9.17) is 8.92 Å². The van der Waals surface area contributed by atoms with Gasteiger partial charge in [0.05, 0.1) is 17.8 Å². The third kappa shape index (κ3) is 5.83. The average Bonchev–Trinajstić information content (AvgIpc) is 2.70. The van der Waals surface area contributed by atoms with E-state index in [9.17, 15) is 8.42 Å². The molecule has 5 heteroatoms. The first-order valence-corrected chi connectivity index (χ1v) is 15.4. The maximum Gasteiger partial charge on any atom is 0.297 e. The molecule has 0 atom stereocenters. The highest BCUT2D eigenvalue weighted by atomic mass is 32.2. The third-order valence-electron chi connectivity index (χ3n) is 8.75. The zero-order valence-corrected chi connectivity index (χ0v) is 24.1. The highest BCUT2D eigenvalue weighted by Crippen LogP contribution is 2.58. The van der Waals surface area contributed by atoms with Crippen molar-refractivity contribution in [3.63, 3.8) is 0 Å². The number of hydrogen-bond donors (Lipinski definition) is 0. The molecule has 198 valence electrons. The van der Waals surface area contributed by atoms with Gasteiger partial charge in [0.1, 0.15) is 4.90 Å². The fourth-order valence-electron chi connectivity index (χ4n) is 7.43. The van der Waals surface area contributed by atoms with Crippen LogP contribution >= 0.6 is 0 Å². The molecule has 35 heavy (non-hydrogen) atoms. The molecule has 0 N–H and O–H groups in total. The molecule has 5 rings (SSSR count). The van der Waals surface area contributed by atoms with Gasteiger partial charge in [0.15, 0.2) is 0 Å². The Morgan fingerprint density at radius 1 is 0.857 bits per heavy atom. The van der Waals surface area contributed by atoms with E-state index >= 15 is 0 Å². The Bertz CT molecular complexity index is 955. The molecule has 1 aromatic carbocycles. The Labute approximate surface area is 214 Å². The average molecular weight is 505 g/mol. The van der Waals surface area contributed by atoms with Gasteiger partial charge in [-0.1, -0.05) is 53.7 Å². The fourth-order valence-corrected chi connectivity index (χ4v) is 9.01. The SMILES string of the molecule is CC(C)c1cc(C(C)C)c(S(=O)(=O)OCCC(C)(C)OC23CC4CC(CC(C4)C2)C3)c(C(C)C)c1. The van der Waals surface area contributed by atoms with Gasteiger partial charge in [0, 0.05) is 6.42 Å². The first-order valence-electron chi connectivity index (χ1n) is 14.0. The predicted octanol–water partition coefficient (Wildman–Crippen LogP) is 7.92. The number of benzene rings is 1. The Morgan fingerprint density at radius 3 is 1.71 bits per heavy atom. The third-order valence-corrected chi connectivity index (χ3v) is 10.2. The van der Waals surface area contributed by atoms with Crippen molar-refractivity contribution in [3.05, 3.63) is 28.8 Å². The summed E-state index contributed by atoms with van der Waals surface area (Å²) in [5.74, 6) is 3.00. The van der Waals surface area contributed by atoms with Crippen molar-refractivity contribution in [2.24, 2.45) is 17.8 Å². The lowest BCUT2D eigenvalue weighted by atomic mass is 9.54. The minimum Gasteiger partial charge on any atom is -0.369 e. The Kier molecular flexibility index (Phi) is 7.57. The lowest BCUT2D eigenvalue weighted by molar-refractivity contribution is -0.218. The van der Waals surface area contributed by atoms with Gasteiger partial charge in [0.25, 0.3) is 10.1 Å². The Balaban J connectivity index is 1.49. The maximum absolute atomic E-state index is 13.6. The first kappa shape index (κ1) is 27.1. The minimum absolute atomic E-state index is 0.000569. The largest absolute Gasteiger partial charge is 0.369 e. The zero-order valence-electron chi connectivity index (χ0n) is 23.3. The molecule has 4 fully saturated rings. The Morgan fingerprint density at radius 2 is 1.31 bits per heavy atom. The van der Waals surface area contributed by atoms with Crippen LogP contribution in [0, 0.1) is 17.8 Å². The summed E-state index contributed by atoms with van der Waals surface area (Å²) < 4.78 is 39.8. The summed E-state index contributed by atoms with van der Waals surface area (Å²) in [6.07, 6.45) is 8.26. The second kappa shape index (κ2) is 9.76. The summed E-state index contributed by atoms with van der Waals surface area (Å²) in [4.78, 5) is 0.381. The molecular formula is C30H48O4S. The smallest absolute Gasteiger partial charge is 0.297 e. The van der Waals surface area contributed by atoms with Crippen molar-refractivity contribution in [3.8, 4) is 0 Å². The number of rotatable bonds is 10. The molecule has 1 aromatic rings. The van der Waals surface area contributed by atoms with Crippen LogP contribution in [0.3, 0.4) is 0 Å². The van der Waals surface area contributed by atoms with Crippen LogP contribution in [-0.2, 0) is 19.0 Å². The molecule has 0 spiro atoms. The molecule has 4 bridgehead atoms. The summed E-state index contributed by atoms with van der Waals surface area (Å²) >= 11 is 0. The highest BCUT2D eigenvalue weighted by Gasteiger charge is 2.53. The number of hydrogen-bond acceptors (Lipinski definition) is 4. The van der Waals surface area contributed by atoms with Crippen LogP contribution in [-0.4, -0.2) is 26.2 Å². The van der Waals surface area contributed by atoms with Crippen LogP contribution in [0.2, 0.25) is 0 Å². The number of ether oxygens (including phenoxy) is 1. The molecule has 0 aliphatic heterocycles. The fraction of sp³-hybridized carbons (Fsp3) is 0.800. The van der Waals surface area contributed by atoms with Crippen LogP contribution in [0.4, 0.5) is 0 Å². The summed E-state index contributed by atoms with van der Waals surface area (Å²) in [6, 6.07) is 4.13. The van der Waals surface area contributed by atoms with E-state index in [2.05, 4.69) is 67.5 Å². The lowest BCUT2D eigenvalue weighted by Gasteiger charge is -2.58. The molecule has 0 aromatic heterocycles. The second-order valence-electron chi connectivity index (χ2n) is 13.5. The van der Waals surface area contributed by atoms with Gasteiger partial charge < -0.3 is 4.74 Å². The minimum atomic E-state index is -3.89. The predicted molar refractivity (Wildman–Crippen MR) is 143 cm³/mol. The van der Waals surface area contributed by atoms with Crippen molar-refractivity contribution >= 4 is 10.1 Å². The van der Waals surface area contributed by atoms with E-state index in [1.54, 1.807) is 0 Å². The summed E-state index contributed by atoms with van der Waals surface area (Å²) in [7, 11) is -3.89. The molecule has 0 amide bonds. The highest BCUT2D eigenvalue weighted by molar-refractivity contribution is 7.86. The van der Waals surface area contributed by atoms with Crippen molar-refractivity contribution < 1.29 is 17.3 Å². The van der Waals surface area contributed by atoms with Crippen molar-refractivity contribution in [1.82, 2.24) is 0 Å². The molecule has 4 saturated carbocycles. The summed E-state index contributed by atoms with van der Waals surface area (Å²) in [5.41, 5.74) is 2.50. The first-order chi connectivity index (χ1) is 16.2. The monoisotopic (exact) mass is 504 g/mol. The summed E-state index contributed by atoms with van der Waals surface area (Å²) in [6.45, 7) is 16.9. The molecule has 4 aliphatic rings. The zero-order chi connectivity index (χ0) is 25.8.